The standard InChI is InChI=1S/C26H25N5O2S/c1-5-29-17(3)14-20(18(29)4)23(32)15-34-26-28-27-25-30(21-12-8-6-10-16(21)2)24(33)19-11-7-9-13-22(19)31(25)26/h6-14H,5,15H2,1-4H3. The average Bonchev–Trinajstić information content (AvgIpc) is 3.39. The lowest BCUT2D eigenvalue weighted by molar-refractivity contribution is 0.102. The highest BCUT2D eigenvalue weighted by atomic mass is 32.2. The van der Waals surface area contributed by atoms with Crippen LogP contribution in [0.25, 0.3) is 22.4 Å². The highest BCUT2D eigenvalue weighted by Crippen LogP contribution is 2.25. The Bertz CT molecular complexity index is 1630. The second kappa shape index (κ2) is 8.61. The molecule has 2 aromatic carbocycles. The molecular weight excluding hydrogens is 446 g/mol. The zero-order valence-electron chi connectivity index (χ0n) is 19.6. The topological polar surface area (TPSA) is 74.2 Å². The van der Waals surface area contributed by atoms with Crippen LogP contribution in [0.5, 0.6) is 0 Å². The van der Waals surface area contributed by atoms with Gasteiger partial charge in [0.15, 0.2) is 10.9 Å². The number of aromatic nitrogens is 5. The zero-order valence-corrected chi connectivity index (χ0v) is 20.4. The van der Waals surface area contributed by atoms with E-state index < -0.39 is 0 Å². The van der Waals surface area contributed by atoms with Crippen LogP contribution in [0.2, 0.25) is 0 Å². The lowest BCUT2D eigenvalue weighted by Crippen LogP contribution is -2.22. The maximum atomic E-state index is 13.5. The molecule has 3 heterocycles. The van der Waals surface area contributed by atoms with Crippen LogP contribution in [0.3, 0.4) is 0 Å². The first-order valence-corrected chi connectivity index (χ1v) is 12.2. The molecule has 3 aromatic heterocycles. The van der Waals surface area contributed by atoms with Crippen LogP contribution in [0, 0.1) is 20.8 Å². The molecule has 0 N–H and O–H groups in total. The number of para-hydroxylation sites is 2. The maximum Gasteiger partial charge on any atom is 0.267 e. The van der Waals surface area contributed by atoms with E-state index in [1.165, 1.54) is 11.8 Å². The van der Waals surface area contributed by atoms with Crippen molar-refractivity contribution in [3.8, 4) is 5.69 Å². The summed E-state index contributed by atoms with van der Waals surface area (Å²) in [4.78, 5) is 26.6. The number of hydrogen-bond donors (Lipinski definition) is 0. The third-order valence-corrected chi connectivity index (χ3v) is 7.20. The van der Waals surface area contributed by atoms with Gasteiger partial charge in [0.2, 0.25) is 5.78 Å². The number of Topliss-reactive ketones (excluding diaryl/α,β-unsaturated/α-hetero) is 1. The number of carbonyl (C=O) groups is 1. The van der Waals surface area contributed by atoms with Crippen molar-refractivity contribution in [2.75, 3.05) is 5.75 Å². The highest BCUT2D eigenvalue weighted by molar-refractivity contribution is 7.99. The van der Waals surface area contributed by atoms with E-state index >= 15 is 0 Å². The number of nitrogens with zero attached hydrogens (tertiary/aromatic N) is 5. The van der Waals surface area contributed by atoms with E-state index in [0.717, 1.165) is 40.3 Å². The van der Waals surface area contributed by atoms with Gasteiger partial charge in [0.25, 0.3) is 5.56 Å². The number of rotatable bonds is 6. The molecule has 7 nitrogen and oxygen atoms in total. The molecule has 0 aliphatic heterocycles. The summed E-state index contributed by atoms with van der Waals surface area (Å²) in [7, 11) is 0. The minimum absolute atomic E-state index is 0.0473. The molecule has 5 aromatic rings. The third-order valence-electron chi connectivity index (χ3n) is 6.27. The lowest BCUT2D eigenvalue weighted by Gasteiger charge is -2.13. The zero-order chi connectivity index (χ0) is 24.0. The van der Waals surface area contributed by atoms with Gasteiger partial charge in [-0.15, -0.1) is 10.2 Å². The Morgan fingerprint density at radius 1 is 1.00 bits per heavy atom. The monoisotopic (exact) mass is 471 g/mol. The van der Waals surface area contributed by atoms with Crippen molar-refractivity contribution >= 4 is 34.2 Å². The fourth-order valence-corrected chi connectivity index (χ4v) is 5.40. The second-order valence-electron chi connectivity index (χ2n) is 8.30. The van der Waals surface area contributed by atoms with Crippen molar-refractivity contribution < 1.29 is 4.79 Å². The van der Waals surface area contributed by atoms with Crippen LogP contribution in [-0.4, -0.2) is 35.3 Å². The first kappa shape index (κ1) is 22.2. The molecule has 0 amide bonds. The predicted molar refractivity (Wildman–Crippen MR) is 135 cm³/mol. The molecule has 0 saturated heterocycles. The van der Waals surface area contributed by atoms with Crippen LogP contribution in [-0.2, 0) is 6.54 Å². The van der Waals surface area contributed by atoms with Gasteiger partial charge >= 0.3 is 0 Å². The van der Waals surface area contributed by atoms with E-state index in [4.69, 9.17) is 0 Å². The molecule has 0 radical (unpaired) electrons. The second-order valence-corrected chi connectivity index (χ2v) is 9.25. The molecule has 0 aliphatic carbocycles. The minimum Gasteiger partial charge on any atom is -0.349 e. The van der Waals surface area contributed by atoms with Gasteiger partial charge in [0.1, 0.15) is 0 Å². The van der Waals surface area contributed by atoms with Crippen LogP contribution < -0.4 is 5.56 Å². The van der Waals surface area contributed by atoms with E-state index in [-0.39, 0.29) is 17.1 Å². The fraction of sp³-hybridized carbons (Fsp3) is 0.231. The summed E-state index contributed by atoms with van der Waals surface area (Å²) in [6.45, 7) is 8.86. The SMILES string of the molecule is CCn1c(C)cc(C(=O)CSc2nnc3n(-c4ccccc4C)c(=O)c4ccccc4n23)c1C. The number of ketones is 1. The van der Waals surface area contributed by atoms with Gasteiger partial charge in [-0.2, -0.15) is 0 Å². The third kappa shape index (κ3) is 3.45. The normalized spacial score (nSPS) is 11.5. The summed E-state index contributed by atoms with van der Waals surface area (Å²) in [6, 6.07) is 17.1. The minimum atomic E-state index is -0.149. The van der Waals surface area contributed by atoms with Crippen molar-refractivity contribution in [3.63, 3.8) is 0 Å². The van der Waals surface area contributed by atoms with Gasteiger partial charge in [0.05, 0.1) is 22.3 Å². The molecule has 0 aliphatic rings. The first-order valence-electron chi connectivity index (χ1n) is 11.2. The number of hydrogen-bond acceptors (Lipinski definition) is 5. The molecule has 0 atom stereocenters. The molecular formula is C26H25N5O2S. The Labute approximate surface area is 201 Å². The van der Waals surface area contributed by atoms with Crippen LogP contribution in [0.4, 0.5) is 0 Å². The van der Waals surface area contributed by atoms with Crippen LogP contribution in [0.1, 0.15) is 34.2 Å². The molecule has 172 valence electrons. The first-order chi connectivity index (χ1) is 16.4. The summed E-state index contributed by atoms with van der Waals surface area (Å²) in [5, 5.41) is 9.92. The van der Waals surface area contributed by atoms with Crippen LogP contribution >= 0.6 is 11.8 Å². The molecule has 0 bridgehead atoms. The molecule has 0 fully saturated rings. The number of thioether (sulfide) groups is 1. The average molecular weight is 472 g/mol. The van der Waals surface area contributed by atoms with Crippen LogP contribution in [0.15, 0.2) is 64.5 Å². The van der Waals surface area contributed by atoms with E-state index in [0.29, 0.717) is 16.3 Å². The lowest BCUT2D eigenvalue weighted by atomic mass is 10.2. The van der Waals surface area contributed by atoms with Gasteiger partial charge in [-0.3, -0.25) is 14.0 Å². The van der Waals surface area contributed by atoms with Gasteiger partial charge in [-0.1, -0.05) is 42.1 Å². The van der Waals surface area contributed by atoms with Crippen molar-refractivity contribution in [1.29, 1.82) is 0 Å². The van der Waals surface area contributed by atoms with E-state index in [9.17, 15) is 9.59 Å². The Kier molecular flexibility index (Phi) is 5.61. The van der Waals surface area contributed by atoms with Gasteiger partial charge in [-0.25, -0.2) is 4.57 Å². The number of carbonyl (C=O) groups excluding carboxylic acids is 1. The van der Waals surface area contributed by atoms with E-state index in [2.05, 4.69) is 21.7 Å². The fourth-order valence-electron chi connectivity index (χ4n) is 4.58. The maximum absolute atomic E-state index is 13.5. The highest BCUT2D eigenvalue weighted by Gasteiger charge is 2.21. The van der Waals surface area contributed by atoms with E-state index in [1.807, 2.05) is 79.8 Å². The van der Waals surface area contributed by atoms with Crippen molar-refractivity contribution in [3.05, 3.63) is 87.5 Å². The van der Waals surface area contributed by atoms with Gasteiger partial charge in [0, 0.05) is 23.5 Å². The molecule has 0 spiro atoms. The predicted octanol–water partition coefficient (Wildman–Crippen LogP) is 4.76. The number of aryl methyl sites for hydroxylation is 2. The molecule has 0 saturated carbocycles. The quantitative estimate of drug-likeness (QED) is 0.264. The molecule has 0 unspecified atom stereocenters. The Hall–Kier alpha value is -3.65. The Balaban J connectivity index is 1.62. The smallest absolute Gasteiger partial charge is 0.267 e. The summed E-state index contributed by atoms with van der Waals surface area (Å²) < 4.78 is 5.61. The number of benzene rings is 2. The Morgan fingerprint density at radius 3 is 2.47 bits per heavy atom. The molecule has 34 heavy (non-hydrogen) atoms. The van der Waals surface area contributed by atoms with Crippen molar-refractivity contribution in [1.82, 2.24) is 23.7 Å². The number of fused-ring (bicyclic) bond motifs is 3. The molecule has 8 heteroatoms. The summed E-state index contributed by atoms with van der Waals surface area (Å²) in [5.74, 6) is 0.704. The van der Waals surface area contributed by atoms with Crippen molar-refractivity contribution in [2.45, 2.75) is 39.4 Å². The Morgan fingerprint density at radius 2 is 1.74 bits per heavy atom. The largest absolute Gasteiger partial charge is 0.349 e. The van der Waals surface area contributed by atoms with Gasteiger partial charge < -0.3 is 4.57 Å². The molecule has 5 rings (SSSR count). The summed E-state index contributed by atoms with van der Waals surface area (Å²) in [6.07, 6.45) is 0. The summed E-state index contributed by atoms with van der Waals surface area (Å²) in [5.41, 5.74) is 5.09. The summed E-state index contributed by atoms with van der Waals surface area (Å²) >= 11 is 1.33. The van der Waals surface area contributed by atoms with Crippen molar-refractivity contribution in [2.24, 2.45) is 0 Å². The van der Waals surface area contributed by atoms with Gasteiger partial charge in [-0.05, 0) is 57.5 Å². The van der Waals surface area contributed by atoms with E-state index in [1.54, 1.807) is 4.57 Å².